The molecule has 4 aromatic rings. The highest BCUT2D eigenvalue weighted by Gasteiger charge is 2.33. The molecule has 7 heteroatoms. The molecule has 0 spiro atoms. The zero-order valence-electron chi connectivity index (χ0n) is 18.0. The summed E-state index contributed by atoms with van der Waals surface area (Å²) < 4.78 is 72.5. The van der Waals surface area contributed by atoms with Gasteiger partial charge in [0.2, 0.25) is 0 Å². The van der Waals surface area contributed by atoms with Gasteiger partial charge in [-0.1, -0.05) is 43.0 Å². The number of aryl methyl sites for hydroxylation is 2. The van der Waals surface area contributed by atoms with Crippen LogP contribution in [0.25, 0.3) is 22.0 Å². The van der Waals surface area contributed by atoms with E-state index in [4.69, 9.17) is 4.74 Å². The maximum atomic E-state index is 15.1. The number of ether oxygens (including phenoxy) is 1. The molecule has 174 valence electrons. The van der Waals surface area contributed by atoms with Crippen LogP contribution >= 0.6 is 0 Å². The lowest BCUT2D eigenvalue weighted by molar-refractivity contribution is -0.140. The number of halogens is 5. The third-order valence-electron chi connectivity index (χ3n) is 5.46. The third-order valence-corrected chi connectivity index (χ3v) is 5.46. The Hall–Kier alpha value is -3.74. The topological polar surface area (TPSA) is 22.1 Å². The van der Waals surface area contributed by atoms with E-state index in [1.54, 1.807) is 42.6 Å². The Morgan fingerprint density at radius 1 is 0.912 bits per heavy atom. The van der Waals surface area contributed by atoms with Gasteiger partial charge in [-0.25, -0.2) is 8.78 Å². The second-order valence-corrected chi connectivity index (χ2v) is 7.77. The molecule has 0 N–H and O–H groups in total. The van der Waals surface area contributed by atoms with Crippen LogP contribution in [0.1, 0.15) is 16.7 Å². The van der Waals surface area contributed by atoms with Gasteiger partial charge in [0, 0.05) is 10.9 Å². The van der Waals surface area contributed by atoms with Gasteiger partial charge in [0.1, 0.15) is 24.0 Å². The Kier molecular flexibility index (Phi) is 6.63. The van der Waals surface area contributed by atoms with E-state index in [-0.39, 0.29) is 12.8 Å². The summed E-state index contributed by atoms with van der Waals surface area (Å²) in [5.41, 5.74) is 0.989. The Balaban J connectivity index is 1.52. The van der Waals surface area contributed by atoms with Gasteiger partial charge in [0.25, 0.3) is 0 Å². The van der Waals surface area contributed by atoms with Gasteiger partial charge in [0.15, 0.2) is 0 Å². The number of nitrogens with zero attached hydrogens (tertiary/aromatic N) is 1. The molecule has 0 bridgehead atoms. The van der Waals surface area contributed by atoms with Crippen LogP contribution in [0.5, 0.6) is 5.75 Å². The first-order valence-corrected chi connectivity index (χ1v) is 10.5. The molecule has 0 saturated heterocycles. The molecule has 0 atom stereocenters. The Morgan fingerprint density at radius 2 is 1.74 bits per heavy atom. The van der Waals surface area contributed by atoms with Crippen molar-refractivity contribution in [3.8, 4) is 17.0 Å². The van der Waals surface area contributed by atoms with E-state index < -0.39 is 23.4 Å². The Bertz CT molecular complexity index is 1330. The fourth-order valence-corrected chi connectivity index (χ4v) is 3.70. The van der Waals surface area contributed by atoms with Crippen LogP contribution in [0.4, 0.5) is 22.0 Å². The average Bonchev–Trinajstić information content (AvgIpc) is 2.81. The number of rotatable bonds is 7. The summed E-state index contributed by atoms with van der Waals surface area (Å²) in [7, 11) is 0. The Morgan fingerprint density at radius 3 is 2.41 bits per heavy atom. The van der Waals surface area contributed by atoms with E-state index >= 15 is 4.39 Å². The molecule has 0 fully saturated rings. The van der Waals surface area contributed by atoms with Gasteiger partial charge in [-0.2, -0.15) is 13.2 Å². The number of aromatic nitrogens is 1. The summed E-state index contributed by atoms with van der Waals surface area (Å²) in [5, 5.41) is 1.11. The van der Waals surface area contributed by atoms with Crippen molar-refractivity contribution in [2.75, 3.05) is 6.61 Å². The zero-order valence-corrected chi connectivity index (χ0v) is 18.0. The van der Waals surface area contributed by atoms with Crippen molar-refractivity contribution in [3.05, 3.63) is 108 Å². The van der Waals surface area contributed by atoms with Gasteiger partial charge in [-0.05, 0) is 59.7 Å². The van der Waals surface area contributed by atoms with Gasteiger partial charge in [-0.3, -0.25) is 4.98 Å². The molecule has 0 aliphatic rings. The third kappa shape index (κ3) is 5.09. The minimum absolute atomic E-state index is 0.208. The van der Waals surface area contributed by atoms with Gasteiger partial charge in [0.05, 0.1) is 17.5 Å². The molecule has 0 saturated carbocycles. The number of alkyl halides is 3. The van der Waals surface area contributed by atoms with Crippen molar-refractivity contribution in [3.63, 3.8) is 0 Å². The van der Waals surface area contributed by atoms with E-state index in [0.717, 1.165) is 17.7 Å². The molecule has 4 rings (SSSR count). The van der Waals surface area contributed by atoms with Crippen molar-refractivity contribution in [2.45, 2.75) is 19.0 Å². The van der Waals surface area contributed by atoms with Crippen LogP contribution in [-0.2, 0) is 19.0 Å². The minimum Gasteiger partial charge on any atom is -0.488 e. The maximum absolute atomic E-state index is 15.1. The molecule has 0 radical (unpaired) electrons. The van der Waals surface area contributed by atoms with Crippen molar-refractivity contribution < 1.29 is 26.7 Å². The summed E-state index contributed by atoms with van der Waals surface area (Å²) in [5.74, 6) is -1.11. The first-order chi connectivity index (χ1) is 16.3. The van der Waals surface area contributed by atoms with E-state index in [9.17, 15) is 17.6 Å². The lowest BCUT2D eigenvalue weighted by Gasteiger charge is -2.11. The first-order valence-electron chi connectivity index (χ1n) is 10.5. The van der Waals surface area contributed by atoms with Crippen molar-refractivity contribution in [1.29, 1.82) is 0 Å². The molecule has 2 nitrogen and oxygen atoms in total. The molecular weight excluding hydrogens is 449 g/mol. The fraction of sp³-hybridized carbons (Fsp3) is 0.148. The van der Waals surface area contributed by atoms with E-state index in [0.29, 0.717) is 39.9 Å². The highest BCUT2D eigenvalue weighted by atomic mass is 19.4. The quantitative estimate of drug-likeness (QED) is 0.206. The number of fused-ring (bicyclic) bond motifs is 1. The summed E-state index contributed by atoms with van der Waals surface area (Å²) in [6.45, 7) is 3.98. The molecule has 1 heterocycles. The van der Waals surface area contributed by atoms with E-state index in [1.165, 1.54) is 6.07 Å². The first kappa shape index (κ1) is 23.4. The van der Waals surface area contributed by atoms with Gasteiger partial charge >= 0.3 is 6.18 Å². The second-order valence-electron chi connectivity index (χ2n) is 7.77. The fourth-order valence-electron chi connectivity index (χ4n) is 3.70. The zero-order chi connectivity index (χ0) is 24.3. The molecular formula is C27H20F5NO. The molecule has 0 amide bonds. The monoisotopic (exact) mass is 469 g/mol. The van der Waals surface area contributed by atoms with Gasteiger partial charge < -0.3 is 4.74 Å². The molecule has 34 heavy (non-hydrogen) atoms. The number of hydrogen-bond acceptors (Lipinski definition) is 2. The summed E-state index contributed by atoms with van der Waals surface area (Å²) >= 11 is 0. The van der Waals surface area contributed by atoms with E-state index in [2.05, 4.69) is 11.6 Å². The highest BCUT2D eigenvalue weighted by molar-refractivity contribution is 5.88. The summed E-state index contributed by atoms with van der Waals surface area (Å²) in [6, 6.07) is 15.1. The van der Waals surface area contributed by atoms with Crippen molar-refractivity contribution in [1.82, 2.24) is 4.98 Å². The van der Waals surface area contributed by atoms with Crippen LogP contribution in [0, 0.1) is 11.6 Å². The lowest BCUT2D eigenvalue weighted by Crippen LogP contribution is -2.08. The maximum Gasteiger partial charge on any atom is 0.419 e. The predicted octanol–water partition coefficient (Wildman–Crippen LogP) is 7.55. The van der Waals surface area contributed by atoms with Crippen molar-refractivity contribution >= 4 is 10.8 Å². The van der Waals surface area contributed by atoms with Crippen LogP contribution < -0.4 is 4.74 Å². The number of pyridine rings is 1. The molecule has 0 aliphatic carbocycles. The smallest absolute Gasteiger partial charge is 0.419 e. The average molecular weight is 469 g/mol. The largest absolute Gasteiger partial charge is 0.488 e. The second kappa shape index (κ2) is 9.63. The number of hydrogen-bond donors (Lipinski definition) is 0. The highest BCUT2D eigenvalue weighted by Crippen LogP contribution is 2.32. The predicted molar refractivity (Wildman–Crippen MR) is 122 cm³/mol. The van der Waals surface area contributed by atoms with Gasteiger partial charge in [-0.15, -0.1) is 0 Å². The number of benzene rings is 3. The normalized spacial score (nSPS) is 11.6. The van der Waals surface area contributed by atoms with E-state index in [1.807, 2.05) is 12.1 Å². The molecule has 0 aliphatic heterocycles. The SMILES string of the molecule is C=CCOc1ccc(-c2ccc3c(F)c(CCc4ccc(C(F)(F)F)c(F)c4)ccc3c2)nc1. The molecule has 1 aromatic heterocycles. The Labute approximate surface area is 193 Å². The minimum atomic E-state index is -4.75. The van der Waals surface area contributed by atoms with Crippen LogP contribution in [0.3, 0.4) is 0 Å². The lowest BCUT2D eigenvalue weighted by atomic mass is 9.98. The molecule has 3 aromatic carbocycles. The summed E-state index contributed by atoms with van der Waals surface area (Å²) in [6.07, 6.45) is -1.07. The van der Waals surface area contributed by atoms with Crippen LogP contribution in [0.2, 0.25) is 0 Å². The van der Waals surface area contributed by atoms with Crippen molar-refractivity contribution in [2.24, 2.45) is 0 Å². The molecule has 0 unspecified atom stereocenters. The standard InChI is InChI=1S/C27H20F5NO/c1-2-13-34-21-9-12-25(33-16-21)20-8-10-22-19(15-20)7-6-18(26(22)29)5-3-17-4-11-23(24(28)14-17)27(30,31)32/h2,4,6-12,14-16H,1,3,5,13H2. The van der Waals surface area contributed by atoms with Crippen LogP contribution in [0.15, 0.2) is 79.5 Å². The summed E-state index contributed by atoms with van der Waals surface area (Å²) in [4.78, 5) is 4.39. The van der Waals surface area contributed by atoms with Crippen LogP contribution in [-0.4, -0.2) is 11.6 Å².